The summed E-state index contributed by atoms with van der Waals surface area (Å²) >= 11 is 1.15. The van der Waals surface area contributed by atoms with Crippen LogP contribution >= 0.6 is 11.5 Å². The molecule has 0 saturated heterocycles. The highest BCUT2D eigenvalue weighted by atomic mass is 32.1. The fraction of sp³-hybridized carbons (Fsp3) is 0.167. The average Bonchev–Trinajstić information content (AvgIpc) is 3.11. The number of amides is 2. The van der Waals surface area contributed by atoms with Crippen LogP contribution < -0.4 is 10.6 Å². The van der Waals surface area contributed by atoms with Crippen LogP contribution in [0.2, 0.25) is 0 Å². The highest BCUT2D eigenvalue weighted by molar-refractivity contribution is 7.10. The second kappa shape index (κ2) is 8.36. The summed E-state index contributed by atoms with van der Waals surface area (Å²) in [5.41, 5.74) is 3.03. The zero-order valence-electron chi connectivity index (χ0n) is 13.7. The molecule has 2 aromatic carbocycles. The van der Waals surface area contributed by atoms with Gasteiger partial charge in [0.15, 0.2) is 5.82 Å². The zero-order valence-corrected chi connectivity index (χ0v) is 14.5. The van der Waals surface area contributed by atoms with Crippen molar-refractivity contribution >= 4 is 22.7 Å². The first kappa shape index (κ1) is 17.1. The number of hydrogen-bond donors (Lipinski definition) is 2. The molecule has 0 fully saturated rings. The Labute approximate surface area is 150 Å². The third kappa shape index (κ3) is 4.85. The van der Waals surface area contributed by atoms with E-state index >= 15 is 0 Å². The number of nitrogens with one attached hydrogen (secondary N) is 2. The summed E-state index contributed by atoms with van der Waals surface area (Å²) in [5.74, 6) is 0.606. The van der Waals surface area contributed by atoms with Crippen molar-refractivity contribution in [3.05, 3.63) is 65.7 Å². The van der Waals surface area contributed by atoms with Gasteiger partial charge in [-0.2, -0.15) is 9.36 Å². The van der Waals surface area contributed by atoms with Gasteiger partial charge in [0.25, 0.3) is 0 Å². The van der Waals surface area contributed by atoms with Crippen molar-refractivity contribution in [2.75, 3.05) is 12.4 Å². The maximum atomic E-state index is 12.0. The minimum absolute atomic E-state index is 0.309. The standard InChI is InChI=1S/C18H18N4O2S/c1-24-12-14-9-7-13(8-10-14)11-19-17(23)21-18-20-16(22-25-18)15-5-3-2-4-6-15/h2-10H,11-12H2,1H3,(H2,19,20,21,22,23). The molecule has 7 heteroatoms. The molecule has 0 aliphatic carbocycles. The van der Waals surface area contributed by atoms with Crippen LogP contribution in [-0.4, -0.2) is 22.5 Å². The molecule has 3 rings (SSSR count). The molecular weight excluding hydrogens is 336 g/mol. The van der Waals surface area contributed by atoms with E-state index < -0.39 is 0 Å². The number of carbonyl (C=O) groups is 1. The smallest absolute Gasteiger partial charge is 0.321 e. The van der Waals surface area contributed by atoms with Crippen molar-refractivity contribution in [3.8, 4) is 11.4 Å². The number of methoxy groups -OCH3 is 1. The summed E-state index contributed by atoms with van der Waals surface area (Å²) < 4.78 is 9.34. The number of rotatable bonds is 6. The average molecular weight is 354 g/mol. The number of urea groups is 1. The lowest BCUT2D eigenvalue weighted by molar-refractivity contribution is 0.185. The van der Waals surface area contributed by atoms with Gasteiger partial charge in [0.2, 0.25) is 5.13 Å². The lowest BCUT2D eigenvalue weighted by Crippen LogP contribution is -2.28. The summed E-state index contributed by atoms with van der Waals surface area (Å²) in [6.45, 7) is 1.01. The van der Waals surface area contributed by atoms with Gasteiger partial charge >= 0.3 is 6.03 Å². The Bertz CT molecular complexity index is 819. The van der Waals surface area contributed by atoms with E-state index in [2.05, 4.69) is 20.0 Å². The van der Waals surface area contributed by atoms with E-state index in [9.17, 15) is 4.79 Å². The quantitative estimate of drug-likeness (QED) is 0.708. The van der Waals surface area contributed by atoms with Crippen molar-refractivity contribution < 1.29 is 9.53 Å². The van der Waals surface area contributed by atoms with Crippen molar-refractivity contribution in [3.63, 3.8) is 0 Å². The molecule has 0 unspecified atom stereocenters. The van der Waals surface area contributed by atoms with Gasteiger partial charge in [0, 0.05) is 30.8 Å². The fourth-order valence-corrected chi connectivity index (χ4v) is 2.81. The molecular formula is C18H18N4O2S. The van der Waals surface area contributed by atoms with E-state index in [-0.39, 0.29) is 6.03 Å². The van der Waals surface area contributed by atoms with Crippen LogP contribution in [-0.2, 0) is 17.9 Å². The Morgan fingerprint density at radius 2 is 1.80 bits per heavy atom. The lowest BCUT2D eigenvalue weighted by atomic mass is 10.1. The molecule has 0 radical (unpaired) electrons. The Hall–Kier alpha value is -2.77. The minimum Gasteiger partial charge on any atom is -0.380 e. The Morgan fingerprint density at radius 3 is 2.52 bits per heavy atom. The molecule has 0 saturated carbocycles. The number of benzene rings is 2. The maximum absolute atomic E-state index is 12.0. The third-order valence-corrected chi connectivity index (χ3v) is 4.10. The van der Waals surface area contributed by atoms with Gasteiger partial charge in [-0.25, -0.2) is 4.79 Å². The predicted octanol–water partition coefficient (Wildman–Crippen LogP) is 3.67. The van der Waals surface area contributed by atoms with E-state index in [1.165, 1.54) is 0 Å². The molecule has 0 aliphatic rings. The van der Waals surface area contributed by atoms with Crippen LogP contribution in [0.25, 0.3) is 11.4 Å². The maximum Gasteiger partial charge on any atom is 0.321 e. The molecule has 6 nitrogen and oxygen atoms in total. The zero-order chi connectivity index (χ0) is 17.5. The molecule has 128 valence electrons. The molecule has 3 aromatic rings. The topological polar surface area (TPSA) is 76.1 Å². The second-order valence-electron chi connectivity index (χ2n) is 5.35. The SMILES string of the molecule is COCc1ccc(CNC(=O)Nc2nc(-c3ccccc3)ns2)cc1. The molecule has 1 heterocycles. The van der Waals surface area contributed by atoms with Gasteiger partial charge < -0.3 is 10.1 Å². The monoisotopic (exact) mass is 354 g/mol. The van der Waals surface area contributed by atoms with Crippen molar-refractivity contribution in [2.45, 2.75) is 13.2 Å². The van der Waals surface area contributed by atoms with Crippen LogP contribution in [0.15, 0.2) is 54.6 Å². The molecule has 0 bridgehead atoms. The van der Waals surface area contributed by atoms with Crippen LogP contribution in [0.3, 0.4) is 0 Å². The minimum atomic E-state index is -0.309. The number of carbonyl (C=O) groups excluding carboxylic acids is 1. The van der Waals surface area contributed by atoms with Crippen molar-refractivity contribution in [1.82, 2.24) is 14.7 Å². The van der Waals surface area contributed by atoms with E-state index in [1.807, 2.05) is 54.6 Å². The molecule has 2 amide bonds. The summed E-state index contributed by atoms with van der Waals surface area (Å²) in [5, 5.41) is 5.98. The van der Waals surface area contributed by atoms with Crippen LogP contribution in [0.1, 0.15) is 11.1 Å². The van der Waals surface area contributed by atoms with E-state index in [4.69, 9.17) is 4.74 Å². The lowest BCUT2D eigenvalue weighted by Gasteiger charge is -2.06. The summed E-state index contributed by atoms with van der Waals surface area (Å²) in [7, 11) is 1.66. The highest BCUT2D eigenvalue weighted by Crippen LogP contribution is 2.20. The van der Waals surface area contributed by atoms with E-state index in [0.717, 1.165) is 28.2 Å². The van der Waals surface area contributed by atoms with E-state index in [0.29, 0.717) is 24.1 Å². The van der Waals surface area contributed by atoms with Crippen molar-refractivity contribution in [2.24, 2.45) is 0 Å². The Kier molecular flexibility index (Phi) is 5.71. The normalized spacial score (nSPS) is 10.4. The molecule has 1 aromatic heterocycles. The third-order valence-electron chi connectivity index (χ3n) is 3.47. The Morgan fingerprint density at radius 1 is 1.08 bits per heavy atom. The fourth-order valence-electron chi connectivity index (χ4n) is 2.22. The first-order chi connectivity index (χ1) is 12.2. The first-order valence-corrected chi connectivity index (χ1v) is 8.52. The van der Waals surface area contributed by atoms with E-state index in [1.54, 1.807) is 7.11 Å². The molecule has 0 spiro atoms. The van der Waals surface area contributed by atoms with Crippen LogP contribution in [0, 0.1) is 0 Å². The molecule has 25 heavy (non-hydrogen) atoms. The second-order valence-corrected chi connectivity index (χ2v) is 6.10. The highest BCUT2D eigenvalue weighted by Gasteiger charge is 2.09. The van der Waals surface area contributed by atoms with Gasteiger partial charge in [0.05, 0.1) is 6.61 Å². The van der Waals surface area contributed by atoms with Gasteiger partial charge in [-0.1, -0.05) is 54.6 Å². The van der Waals surface area contributed by atoms with Gasteiger partial charge in [-0.05, 0) is 11.1 Å². The molecule has 0 aliphatic heterocycles. The number of hydrogen-bond acceptors (Lipinski definition) is 5. The first-order valence-electron chi connectivity index (χ1n) is 7.75. The van der Waals surface area contributed by atoms with Gasteiger partial charge in [0.1, 0.15) is 0 Å². The largest absolute Gasteiger partial charge is 0.380 e. The summed E-state index contributed by atoms with van der Waals surface area (Å²) in [6.07, 6.45) is 0. The predicted molar refractivity (Wildman–Crippen MR) is 98.4 cm³/mol. The van der Waals surface area contributed by atoms with Crippen LogP contribution in [0.5, 0.6) is 0 Å². The van der Waals surface area contributed by atoms with Crippen molar-refractivity contribution in [1.29, 1.82) is 0 Å². The Balaban J connectivity index is 1.52. The van der Waals surface area contributed by atoms with Gasteiger partial charge in [-0.15, -0.1) is 0 Å². The molecule has 0 atom stereocenters. The number of nitrogens with zero attached hydrogens (tertiary/aromatic N) is 2. The molecule has 2 N–H and O–H groups in total. The summed E-state index contributed by atoms with van der Waals surface area (Å²) in [4.78, 5) is 16.3. The number of aromatic nitrogens is 2. The van der Waals surface area contributed by atoms with Crippen LogP contribution in [0.4, 0.5) is 9.93 Å². The summed E-state index contributed by atoms with van der Waals surface area (Å²) in [6, 6.07) is 17.2. The van der Waals surface area contributed by atoms with Gasteiger partial charge in [-0.3, -0.25) is 5.32 Å². The number of anilines is 1. The number of ether oxygens (including phenoxy) is 1.